The van der Waals surface area contributed by atoms with Crippen molar-refractivity contribution in [2.75, 3.05) is 0 Å². The van der Waals surface area contributed by atoms with Crippen LogP contribution in [0.4, 0.5) is 0 Å². The highest BCUT2D eigenvalue weighted by molar-refractivity contribution is 6.19. The minimum absolute atomic E-state index is 0.623. The van der Waals surface area contributed by atoms with Crippen LogP contribution in [0.5, 0.6) is 0 Å². The van der Waals surface area contributed by atoms with Crippen molar-refractivity contribution in [2.45, 2.75) is 12.8 Å². The number of aliphatic imine (C=N–C) groups is 2. The van der Waals surface area contributed by atoms with Gasteiger partial charge in [0.05, 0.1) is 40.9 Å². The first-order valence-electron chi connectivity index (χ1n) is 21.2. The maximum atomic E-state index is 5.69. The summed E-state index contributed by atoms with van der Waals surface area (Å²) < 4.78 is 11.4. The minimum Gasteiger partial charge on any atom is -0.442 e. The van der Waals surface area contributed by atoms with Crippen molar-refractivity contribution in [3.8, 4) is 33.8 Å². The van der Waals surface area contributed by atoms with Crippen LogP contribution >= 0.6 is 0 Å². The molecule has 2 N–H and O–H groups in total. The Morgan fingerprint density at radius 3 is 1.72 bits per heavy atom. The predicted octanol–water partition coefficient (Wildman–Crippen LogP) is 12.9. The summed E-state index contributed by atoms with van der Waals surface area (Å²) in [5.41, 5.74) is 18.3. The molecule has 5 aromatic carbocycles. The van der Waals surface area contributed by atoms with Crippen molar-refractivity contribution >= 4 is 28.1 Å². The zero-order valence-electron chi connectivity index (χ0n) is 34.6. The fourth-order valence-corrected chi connectivity index (χ4v) is 8.42. The van der Waals surface area contributed by atoms with Crippen LogP contribution < -0.4 is 0 Å². The fourth-order valence-electron chi connectivity index (χ4n) is 8.42. The van der Waals surface area contributed by atoms with E-state index in [1.165, 1.54) is 12.8 Å². The van der Waals surface area contributed by atoms with E-state index >= 15 is 0 Å². The van der Waals surface area contributed by atoms with Crippen molar-refractivity contribution in [3.05, 3.63) is 258 Å². The Hall–Kier alpha value is -8.62. The predicted molar refractivity (Wildman–Crippen MR) is 255 cm³/mol. The molecule has 0 radical (unpaired) electrons. The van der Waals surface area contributed by atoms with E-state index in [0.29, 0.717) is 24.4 Å². The number of hydrogen-bond donors (Lipinski definition) is 2. The van der Waals surface area contributed by atoms with Gasteiger partial charge in [-0.05, 0) is 64.2 Å². The number of aromatic amines is 2. The summed E-state index contributed by atoms with van der Waals surface area (Å²) in [4.78, 5) is 26.3. The molecule has 0 saturated heterocycles. The average Bonchev–Trinajstić information content (AvgIpc) is 4.22. The van der Waals surface area contributed by atoms with Gasteiger partial charge in [0.2, 0.25) is 0 Å². The third-order valence-electron chi connectivity index (χ3n) is 11.6. The van der Waals surface area contributed by atoms with Crippen LogP contribution in [-0.4, -0.2) is 31.4 Å². The van der Waals surface area contributed by atoms with E-state index < -0.39 is 0 Å². The maximum Gasteiger partial charge on any atom is 0.181 e. The van der Waals surface area contributed by atoms with Crippen LogP contribution in [0.25, 0.3) is 50.6 Å². The van der Waals surface area contributed by atoms with Crippen LogP contribution in [0.1, 0.15) is 39.4 Å². The second kappa shape index (κ2) is 17.0. The molecule has 0 spiro atoms. The monoisotopic (exact) mass is 828 g/mol. The SMILES string of the molecule is C1=CC(=C(Cc2ccc(C/C(=C3/N=C(c4ccccc4)C=C3c3ccccc3)c3ccc(-c4cnco4)[nH]3)cc2)c2[nH]c(-c3ccccc3)cc2-c2ccccc2)N=C1c1cnco1. The molecule has 0 fully saturated rings. The molecule has 6 heterocycles. The fraction of sp³-hybridized carbons (Fsp3) is 0.0357. The van der Waals surface area contributed by atoms with Crippen molar-refractivity contribution in [1.82, 2.24) is 19.9 Å². The number of benzene rings is 5. The molecule has 0 amide bonds. The molecule has 306 valence electrons. The summed E-state index contributed by atoms with van der Waals surface area (Å²) in [5.74, 6) is 1.30. The molecular formula is C56H40N6O2. The number of allylic oxidation sites excluding steroid dienone is 6. The van der Waals surface area contributed by atoms with Gasteiger partial charge in [0.25, 0.3) is 0 Å². The Balaban J connectivity index is 1.00. The zero-order valence-corrected chi connectivity index (χ0v) is 34.6. The molecule has 64 heavy (non-hydrogen) atoms. The molecule has 0 bridgehead atoms. The Kier molecular flexibility index (Phi) is 10.2. The van der Waals surface area contributed by atoms with Gasteiger partial charge < -0.3 is 18.8 Å². The summed E-state index contributed by atoms with van der Waals surface area (Å²) in [6.45, 7) is 0. The summed E-state index contributed by atoms with van der Waals surface area (Å²) >= 11 is 0. The van der Waals surface area contributed by atoms with E-state index in [0.717, 1.165) is 101 Å². The minimum atomic E-state index is 0.623. The molecule has 0 atom stereocenters. The molecule has 0 saturated carbocycles. The normalized spacial score (nSPS) is 15.0. The van der Waals surface area contributed by atoms with Gasteiger partial charge in [-0.1, -0.05) is 146 Å². The van der Waals surface area contributed by atoms with Crippen LogP contribution in [0.2, 0.25) is 0 Å². The lowest BCUT2D eigenvalue weighted by molar-refractivity contribution is 0.549. The standard InChI is InChI=1S/C56H40N6O2/c1-5-13-39(14-6-1)43-31-51(41-17-9-3-10-18-41)61-55(43)45(47-25-27-49(59-47)53-33-57-35-63-53)29-37-21-23-38(24-22-37)30-46(48-26-28-50(60-48)54-34-58-36-64-54)56-44(40-15-7-2-8-16-40)32-52(62-56)42-19-11-4-12-20-42/h1-28,31-36,59,62H,29-30H2/b48-46?,55-45-. The smallest absolute Gasteiger partial charge is 0.181 e. The van der Waals surface area contributed by atoms with E-state index in [1.54, 1.807) is 12.4 Å². The number of aromatic nitrogens is 4. The van der Waals surface area contributed by atoms with Gasteiger partial charge in [0.15, 0.2) is 24.3 Å². The van der Waals surface area contributed by atoms with Crippen LogP contribution in [0.15, 0.2) is 237 Å². The van der Waals surface area contributed by atoms with Gasteiger partial charge in [-0.15, -0.1) is 0 Å². The van der Waals surface area contributed by atoms with E-state index in [2.05, 4.69) is 172 Å². The molecule has 2 aliphatic heterocycles. The lowest BCUT2D eigenvalue weighted by Crippen LogP contribution is -2.00. The number of rotatable bonds is 12. The topological polar surface area (TPSA) is 108 Å². The largest absolute Gasteiger partial charge is 0.442 e. The van der Waals surface area contributed by atoms with Gasteiger partial charge in [-0.25, -0.2) is 20.0 Å². The highest BCUT2D eigenvalue weighted by Gasteiger charge is 2.25. The number of nitrogens with one attached hydrogen (secondary N) is 2. The van der Waals surface area contributed by atoms with E-state index in [1.807, 2.05) is 30.3 Å². The molecule has 8 heteroatoms. The van der Waals surface area contributed by atoms with Crippen molar-refractivity contribution < 1.29 is 8.83 Å². The molecule has 8 nitrogen and oxygen atoms in total. The van der Waals surface area contributed by atoms with Gasteiger partial charge >= 0.3 is 0 Å². The molecule has 9 aromatic rings. The number of hydrogen-bond acceptors (Lipinski definition) is 6. The highest BCUT2D eigenvalue weighted by Crippen LogP contribution is 2.40. The van der Waals surface area contributed by atoms with Crippen molar-refractivity contribution in [2.24, 2.45) is 9.98 Å². The summed E-state index contributed by atoms with van der Waals surface area (Å²) in [7, 11) is 0. The Morgan fingerprint density at radius 1 is 0.484 bits per heavy atom. The molecule has 2 aliphatic rings. The third-order valence-corrected chi connectivity index (χ3v) is 11.6. The summed E-state index contributed by atoms with van der Waals surface area (Å²) in [6.07, 6.45) is 13.8. The Morgan fingerprint density at radius 2 is 1.08 bits per heavy atom. The van der Waals surface area contributed by atoms with Gasteiger partial charge in [-0.2, -0.15) is 0 Å². The first-order valence-corrected chi connectivity index (χ1v) is 21.2. The van der Waals surface area contributed by atoms with E-state index in [-0.39, 0.29) is 0 Å². The van der Waals surface area contributed by atoms with Gasteiger partial charge in [-0.3, -0.25) is 0 Å². The first-order chi connectivity index (χ1) is 31.7. The van der Waals surface area contributed by atoms with Gasteiger partial charge in [0.1, 0.15) is 5.71 Å². The second-order valence-electron chi connectivity index (χ2n) is 15.7. The maximum absolute atomic E-state index is 5.69. The second-order valence-corrected chi connectivity index (χ2v) is 15.7. The summed E-state index contributed by atoms with van der Waals surface area (Å²) in [5, 5.41) is 0. The lowest BCUT2D eigenvalue weighted by atomic mass is 9.92. The molecule has 0 aliphatic carbocycles. The molecule has 4 aromatic heterocycles. The lowest BCUT2D eigenvalue weighted by Gasteiger charge is -2.14. The average molecular weight is 829 g/mol. The third kappa shape index (κ3) is 7.76. The van der Waals surface area contributed by atoms with E-state index in [4.69, 9.17) is 18.8 Å². The highest BCUT2D eigenvalue weighted by atomic mass is 16.3. The summed E-state index contributed by atoms with van der Waals surface area (Å²) in [6, 6.07) is 57.2. The number of H-pyrrole nitrogens is 2. The number of oxazole rings is 2. The number of nitrogens with zero attached hydrogens (tertiary/aromatic N) is 4. The molecule has 0 unspecified atom stereocenters. The van der Waals surface area contributed by atoms with Gasteiger partial charge in [0, 0.05) is 52.1 Å². The van der Waals surface area contributed by atoms with Crippen molar-refractivity contribution in [1.29, 1.82) is 0 Å². The van der Waals surface area contributed by atoms with E-state index in [9.17, 15) is 0 Å². The zero-order chi connectivity index (χ0) is 42.7. The Labute approximate surface area is 370 Å². The first kappa shape index (κ1) is 38.3. The van der Waals surface area contributed by atoms with Crippen LogP contribution in [0.3, 0.4) is 0 Å². The molecule has 11 rings (SSSR count). The Bertz CT molecular complexity index is 3260. The molecular weight excluding hydrogens is 789 g/mol. The van der Waals surface area contributed by atoms with Crippen LogP contribution in [-0.2, 0) is 12.8 Å². The van der Waals surface area contributed by atoms with Crippen LogP contribution in [0, 0.1) is 0 Å². The quantitative estimate of drug-likeness (QED) is 0.128. The van der Waals surface area contributed by atoms with Crippen molar-refractivity contribution in [3.63, 3.8) is 0 Å².